The predicted octanol–water partition coefficient (Wildman–Crippen LogP) is 2.31. The SMILES string of the molecule is CN=C(NCC1(NC(C)c2ccccc2)CCOCC1)N1CCC(CC(=O)NC)CC1. The molecule has 2 saturated heterocycles. The summed E-state index contributed by atoms with van der Waals surface area (Å²) in [4.78, 5) is 18.6. The third kappa shape index (κ3) is 6.68. The molecule has 2 fully saturated rings. The first kappa shape index (κ1) is 23.5. The highest BCUT2D eigenvalue weighted by Crippen LogP contribution is 2.25. The van der Waals surface area contributed by atoms with Crippen LogP contribution in [0.2, 0.25) is 0 Å². The smallest absolute Gasteiger partial charge is 0.220 e. The lowest BCUT2D eigenvalue weighted by Gasteiger charge is -2.42. The number of hydrogen-bond acceptors (Lipinski definition) is 4. The highest BCUT2D eigenvalue weighted by Gasteiger charge is 2.34. The van der Waals surface area contributed by atoms with Gasteiger partial charge in [-0.25, -0.2) is 0 Å². The van der Waals surface area contributed by atoms with Gasteiger partial charge in [-0.05, 0) is 44.1 Å². The molecule has 2 heterocycles. The first-order valence-corrected chi connectivity index (χ1v) is 11.6. The van der Waals surface area contributed by atoms with Crippen LogP contribution in [-0.2, 0) is 9.53 Å². The van der Waals surface area contributed by atoms with E-state index in [1.54, 1.807) is 7.05 Å². The summed E-state index contributed by atoms with van der Waals surface area (Å²) < 4.78 is 5.67. The Labute approximate surface area is 187 Å². The van der Waals surface area contributed by atoms with Crippen molar-refractivity contribution in [2.45, 2.75) is 50.6 Å². The van der Waals surface area contributed by atoms with Gasteiger partial charge in [-0.3, -0.25) is 9.79 Å². The van der Waals surface area contributed by atoms with Gasteiger partial charge < -0.3 is 25.6 Å². The van der Waals surface area contributed by atoms with Crippen LogP contribution >= 0.6 is 0 Å². The van der Waals surface area contributed by atoms with E-state index >= 15 is 0 Å². The van der Waals surface area contributed by atoms with Crippen LogP contribution < -0.4 is 16.0 Å². The maximum atomic E-state index is 11.7. The summed E-state index contributed by atoms with van der Waals surface area (Å²) in [5.41, 5.74) is 1.27. The van der Waals surface area contributed by atoms with Crippen molar-refractivity contribution in [1.82, 2.24) is 20.9 Å². The van der Waals surface area contributed by atoms with E-state index in [1.807, 2.05) is 7.05 Å². The number of nitrogens with zero attached hydrogens (tertiary/aromatic N) is 2. The Morgan fingerprint density at radius 1 is 1.23 bits per heavy atom. The normalized spacial score (nSPS) is 20.9. The molecule has 0 aromatic heterocycles. The van der Waals surface area contributed by atoms with E-state index in [0.717, 1.165) is 64.5 Å². The fourth-order valence-corrected chi connectivity index (χ4v) is 4.71. The lowest BCUT2D eigenvalue weighted by molar-refractivity contribution is -0.121. The van der Waals surface area contributed by atoms with Crippen molar-refractivity contribution in [3.05, 3.63) is 35.9 Å². The number of amides is 1. The first-order valence-electron chi connectivity index (χ1n) is 11.6. The molecular weight excluding hydrogens is 390 g/mol. The van der Waals surface area contributed by atoms with E-state index in [0.29, 0.717) is 12.3 Å². The minimum atomic E-state index is -0.0268. The van der Waals surface area contributed by atoms with Gasteiger partial charge in [-0.15, -0.1) is 0 Å². The molecule has 0 bridgehead atoms. The lowest BCUT2D eigenvalue weighted by Crippen LogP contribution is -2.59. The molecule has 172 valence electrons. The molecule has 7 heteroatoms. The fraction of sp³-hybridized carbons (Fsp3) is 0.667. The quantitative estimate of drug-likeness (QED) is 0.458. The minimum Gasteiger partial charge on any atom is -0.381 e. The number of guanidine groups is 1. The Kier molecular flexibility index (Phi) is 8.72. The molecule has 31 heavy (non-hydrogen) atoms. The van der Waals surface area contributed by atoms with Crippen molar-refractivity contribution in [1.29, 1.82) is 0 Å². The summed E-state index contributed by atoms with van der Waals surface area (Å²) in [5, 5.41) is 10.3. The van der Waals surface area contributed by atoms with Gasteiger partial charge in [-0.1, -0.05) is 30.3 Å². The van der Waals surface area contributed by atoms with Crippen molar-refractivity contribution < 1.29 is 9.53 Å². The number of nitrogens with one attached hydrogen (secondary N) is 3. The van der Waals surface area contributed by atoms with Crippen LogP contribution in [0, 0.1) is 5.92 Å². The van der Waals surface area contributed by atoms with Crippen molar-refractivity contribution in [3.63, 3.8) is 0 Å². The molecule has 1 amide bonds. The largest absolute Gasteiger partial charge is 0.381 e. The highest BCUT2D eigenvalue weighted by atomic mass is 16.5. The van der Waals surface area contributed by atoms with E-state index in [4.69, 9.17) is 4.74 Å². The molecule has 2 aliphatic rings. The number of hydrogen-bond donors (Lipinski definition) is 3. The van der Waals surface area contributed by atoms with Gasteiger partial charge in [0.1, 0.15) is 0 Å². The van der Waals surface area contributed by atoms with Crippen molar-refractivity contribution in [3.8, 4) is 0 Å². The lowest BCUT2D eigenvalue weighted by atomic mass is 9.88. The topological polar surface area (TPSA) is 78.0 Å². The average molecular weight is 430 g/mol. The number of likely N-dealkylation sites (tertiary alicyclic amines) is 1. The van der Waals surface area contributed by atoms with Gasteiger partial charge in [0.25, 0.3) is 0 Å². The van der Waals surface area contributed by atoms with E-state index in [9.17, 15) is 4.79 Å². The van der Waals surface area contributed by atoms with Crippen LogP contribution in [-0.4, -0.2) is 69.2 Å². The summed E-state index contributed by atoms with van der Waals surface area (Å²) in [5.74, 6) is 1.56. The van der Waals surface area contributed by atoms with Crippen LogP contribution in [0.1, 0.15) is 50.6 Å². The van der Waals surface area contributed by atoms with Crippen LogP contribution in [0.4, 0.5) is 0 Å². The number of carbonyl (C=O) groups excluding carboxylic acids is 1. The molecule has 0 spiro atoms. The average Bonchev–Trinajstić information content (AvgIpc) is 2.81. The highest BCUT2D eigenvalue weighted by molar-refractivity contribution is 5.80. The summed E-state index contributed by atoms with van der Waals surface area (Å²) >= 11 is 0. The second-order valence-electron chi connectivity index (χ2n) is 8.88. The molecule has 7 nitrogen and oxygen atoms in total. The number of ether oxygens (including phenoxy) is 1. The van der Waals surface area contributed by atoms with Gasteiger partial charge in [0.2, 0.25) is 5.91 Å². The Balaban J connectivity index is 1.57. The molecule has 0 radical (unpaired) electrons. The van der Waals surface area contributed by atoms with Crippen LogP contribution in [0.25, 0.3) is 0 Å². The van der Waals surface area contributed by atoms with E-state index in [-0.39, 0.29) is 17.5 Å². The zero-order valence-electron chi connectivity index (χ0n) is 19.3. The van der Waals surface area contributed by atoms with Crippen molar-refractivity contribution >= 4 is 11.9 Å². The molecule has 1 atom stereocenters. The Morgan fingerprint density at radius 3 is 2.52 bits per heavy atom. The number of rotatable bonds is 7. The summed E-state index contributed by atoms with van der Waals surface area (Å²) in [6.45, 7) is 6.48. The monoisotopic (exact) mass is 429 g/mol. The molecule has 1 aromatic rings. The minimum absolute atomic E-state index is 0.0268. The first-order chi connectivity index (χ1) is 15.0. The standard InChI is InChI=1S/C24H39N5O2/c1-19(21-7-5-4-6-8-21)28-24(11-15-31-16-12-24)18-27-23(26-3)29-13-9-20(10-14-29)17-22(30)25-2/h4-8,19-20,28H,9-18H2,1-3H3,(H,25,30)(H,26,27). The number of carbonyl (C=O) groups is 1. The molecule has 0 saturated carbocycles. The summed E-state index contributed by atoms with van der Waals surface area (Å²) in [6, 6.07) is 10.9. The third-order valence-corrected chi connectivity index (χ3v) is 6.74. The van der Waals surface area contributed by atoms with Gasteiger partial charge in [0.15, 0.2) is 5.96 Å². The zero-order valence-corrected chi connectivity index (χ0v) is 19.3. The second kappa shape index (κ2) is 11.5. The molecular formula is C24H39N5O2. The van der Waals surface area contributed by atoms with E-state index in [2.05, 4.69) is 63.1 Å². The summed E-state index contributed by atoms with van der Waals surface area (Å²) in [7, 11) is 3.57. The maximum absolute atomic E-state index is 11.7. The van der Waals surface area contributed by atoms with Crippen LogP contribution in [0.15, 0.2) is 35.3 Å². The Bertz CT molecular complexity index is 710. The van der Waals surface area contributed by atoms with Crippen LogP contribution in [0.3, 0.4) is 0 Å². The molecule has 1 unspecified atom stereocenters. The van der Waals surface area contributed by atoms with Gasteiger partial charge >= 0.3 is 0 Å². The van der Waals surface area contributed by atoms with Crippen LogP contribution in [0.5, 0.6) is 0 Å². The van der Waals surface area contributed by atoms with Gasteiger partial charge in [0, 0.05) is 64.9 Å². The van der Waals surface area contributed by atoms with Crippen molar-refractivity contribution in [2.24, 2.45) is 10.9 Å². The summed E-state index contributed by atoms with van der Waals surface area (Å²) in [6.07, 6.45) is 4.62. The molecule has 2 aliphatic heterocycles. The molecule has 3 rings (SSSR count). The Morgan fingerprint density at radius 2 is 1.90 bits per heavy atom. The van der Waals surface area contributed by atoms with E-state index < -0.39 is 0 Å². The maximum Gasteiger partial charge on any atom is 0.220 e. The van der Waals surface area contributed by atoms with E-state index in [1.165, 1.54) is 5.56 Å². The molecule has 1 aromatic carbocycles. The fourth-order valence-electron chi connectivity index (χ4n) is 4.71. The predicted molar refractivity (Wildman–Crippen MR) is 125 cm³/mol. The molecule has 3 N–H and O–H groups in total. The number of aliphatic imine (C=N–C) groups is 1. The second-order valence-corrected chi connectivity index (χ2v) is 8.88. The van der Waals surface area contributed by atoms with Gasteiger partial charge in [0.05, 0.1) is 0 Å². The number of benzene rings is 1. The number of piperidine rings is 1. The zero-order chi connectivity index (χ0) is 22.1. The van der Waals surface area contributed by atoms with Crippen molar-refractivity contribution in [2.75, 3.05) is 46.9 Å². The third-order valence-electron chi connectivity index (χ3n) is 6.74. The van der Waals surface area contributed by atoms with Gasteiger partial charge in [-0.2, -0.15) is 0 Å². The Hall–Kier alpha value is -2.12. The molecule has 0 aliphatic carbocycles.